The second-order valence-corrected chi connectivity index (χ2v) is 5.19. The maximum atomic E-state index is 11.6. The topological polar surface area (TPSA) is 32.3 Å². The summed E-state index contributed by atoms with van der Waals surface area (Å²) in [6, 6.07) is 0. The van der Waals surface area contributed by atoms with Crippen LogP contribution in [-0.4, -0.2) is 31.6 Å². The molecule has 0 unspecified atom stereocenters. The Bertz CT molecular complexity index is 433. The van der Waals surface area contributed by atoms with E-state index in [0.29, 0.717) is 10.4 Å². The standard InChI is InChI=1S/C13H22N2OS/c1-5-15(4)8-6-7-14-11-10(9(2)3)13(17)12(11)16/h9,14H,5-8H2,1-4H3. The van der Waals surface area contributed by atoms with Gasteiger partial charge in [-0.05, 0) is 32.5 Å². The molecule has 0 saturated heterocycles. The lowest BCUT2D eigenvalue weighted by Crippen LogP contribution is -2.25. The number of hydrogen-bond acceptors (Lipinski definition) is 4. The van der Waals surface area contributed by atoms with E-state index < -0.39 is 0 Å². The highest BCUT2D eigenvalue weighted by Crippen LogP contribution is 2.25. The maximum Gasteiger partial charge on any atom is 0.220 e. The van der Waals surface area contributed by atoms with Gasteiger partial charge >= 0.3 is 0 Å². The van der Waals surface area contributed by atoms with Gasteiger partial charge in [0.15, 0.2) is 0 Å². The van der Waals surface area contributed by atoms with Gasteiger partial charge in [0.1, 0.15) is 0 Å². The van der Waals surface area contributed by atoms with Crippen molar-refractivity contribution < 1.29 is 0 Å². The minimum Gasteiger partial charge on any atom is -0.382 e. The van der Waals surface area contributed by atoms with E-state index in [0.717, 1.165) is 37.3 Å². The molecule has 0 bridgehead atoms. The second-order valence-electron chi connectivity index (χ2n) is 4.78. The molecule has 0 aliphatic rings. The Hall–Kier alpha value is -0.740. The number of rotatable bonds is 7. The van der Waals surface area contributed by atoms with E-state index in [1.807, 2.05) is 0 Å². The second kappa shape index (κ2) is 6.26. The predicted octanol–water partition coefficient (Wildman–Crippen LogP) is 2.53. The minimum atomic E-state index is 0.0209. The van der Waals surface area contributed by atoms with Gasteiger partial charge in [-0.15, -0.1) is 0 Å². The summed E-state index contributed by atoms with van der Waals surface area (Å²) in [4.78, 5) is 13.8. The zero-order valence-electron chi connectivity index (χ0n) is 11.2. The van der Waals surface area contributed by atoms with Crippen molar-refractivity contribution in [3.8, 4) is 0 Å². The lowest BCUT2D eigenvalue weighted by molar-refractivity contribution is 0.351. The van der Waals surface area contributed by atoms with Gasteiger partial charge in [-0.2, -0.15) is 0 Å². The third kappa shape index (κ3) is 3.36. The maximum absolute atomic E-state index is 11.6. The van der Waals surface area contributed by atoms with E-state index in [2.05, 4.69) is 38.0 Å². The van der Waals surface area contributed by atoms with E-state index in [1.165, 1.54) is 0 Å². The average Bonchev–Trinajstić information content (AvgIpc) is 2.30. The van der Waals surface area contributed by atoms with Crippen LogP contribution in [0, 0.1) is 4.51 Å². The van der Waals surface area contributed by atoms with Crippen LogP contribution in [0.4, 0.5) is 5.69 Å². The van der Waals surface area contributed by atoms with Gasteiger partial charge in [0.25, 0.3) is 0 Å². The SMILES string of the molecule is CCN(C)CCCNc1c(C(C)C)c(=S)c1=O. The Labute approximate surface area is 109 Å². The molecular formula is C13H22N2OS. The van der Waals surface area contributed by atoms with Crippen molar-refractivity contribution in [2.24, 2.45) is 0 Å². The minimum absolute atomic E-state index is 0.0209. The van der Waals surface area contributed by atoms with Crippen molar-refractivity contribution >= 4 is 17.9 Å². The van der Waals surface area contributed by atoms with E-state index in [1.54, 1.807) is 0 Å². The first kappa shape index (κ1) is 14.3. The Morgan fingerprint density at radius 3 is 2.59 bits per heavy atom. The summed E-state index contributed by atoms with van der Waals surface area (Å²) in [5, 5.41) is 3.23. The highest BCUT2D eigenvalue weighted by Gasteiger charge is 2.19. The molecule has 1 N–H and O–H groups in total. The van der Waals surface area contributed by atoms with Crippen molar-refractivity contribution in [3.05, 3.63) is 20.3 Å². The fourth-order valence-electron chi connectivity index (χ4n) is 1.86. The van der Waals surface area contributed by atoms with Crippen molar-refractivity contribution in [1.29, 1.82) is 0 Å². The molecule has 0 saturated carbocycles. The summed E-state index contributed by atoms with van der Waals surface area (Å²) < 4.78 is 0.521. The first-order chi connectivity index (χ1) is 7.99. The van der Waals surface area contributed by atoms with Crippen LogP contribution in [-0.2, 0) is 0 Å². The van der Waals surface area contributed by atoms with E-state index >= 15 is 0 Å². The average molecular weight is 254 g/mol. The van der Waals surface area contributed by atoms with Gasteiger partial charge in [-0.3, -0.25) is 4.79 Å². The zero-order valence-corrected chi connectivity index (χ0v) is 12.0. The molecule has 0 aromatic heterocycles. The third-order valence-electron chi connectivity index (χ3n) is 3.08. The summed E-state index contributed by atoms with van der Waals surface area (Å²) in [5.41, 5.74) is 1.81. The van der Waals surface area contributed by atoms with Crippen molar-refractivity contribution in [2.75, 3.05) is 32.0 Å². The molecular weight excluding hydrogens is 232 g/mol. The van der Waals surface area contributed by atoms with Crippen molar-refractivity contribution in [1.82, 2.24) is 4.90 Å². The van der Waals surface area contributed by atoms with Crippen molar-refractivity contribution in [3.63, 3.8) is 0 Å². The molecule has 0 amide bonds. The fourth-order valence-corrected chi connectivity index (χ4v) is 2.30. The molecule has 1 rings (SSSR count). The monoisotopic (exact) mass is 254 g/mol. The van der Waals surface area contributed by atoms with Gasteiger partial charge in [0.2, 0.25) is 5.43 Å². The van der Waals surface area contributed by atoms with Crippen LogP contribution < -0.4 is 10.7 Å². The van der Waals surface area contributed by atoms with Crippen LogP contribution in [0.3, 0.4) is 0 Å². The van der Waals surface area contributed by atoms with Crippen LogP contribution >= 0.6 is 12.2 Å². The Kier molecular flexibility index (Phi) is 5.28. The molecule has 1 aromatic carbocycles. The lowest BCUT2D eigenvalue weighted by atomic mass is 9.96. The first-order valence-corrected chi connectivity index (χ1v) is 6.65. The summed E-state index contributed by atoms with van der Waals surface area (Å²) in [6.07, 6.45) is 1.04. The van der Waals surface area contributed by atoms with Crippen LogP contribution in [0.5, 0.6) is 0 Å². The summed E-state index contributed by atoms with van der Waals surface area (Å²) in [5.74, 6) is 0.334. The molecule has 0 fully saturated rings. The molecule has 0 heterocycles. The van der Waals surface area contributed by atoms with Crippen molar-refractivity contribution in [2.45, 2.75) is 33.1 Å². The highest BCUT2D eigenvalue weighted by atomic mass is 32.1. The molecule has 1 aromatic rings. The smallest absolute Gasteiger partial charge is 0.220 e. The van der Waals surface area contributed by atoms with Gasteiger partial charge in [0.05, 0.1) is 10.2 Å². The largest absolute Gasteiger partial charge is 0.382 e. The molecule has 96 valence electrons. The molecule has 0 spiro atoms. The molecule has 0 aliphatic carbocycles. The Balaban J connectivity index is 2.46. The van der Waals surface area contributed by atoms with Crippen LogP contribution in [0.2, 0.25) is 0 Å². The van der Waals surface area contributed by atoms with Gasteiger partial charge in [0, 0.05) is 12.1 Å². The summed E-state index contributed by atoms with van der Waals surface area (Å²) in [7, 11) is 2.10. The zero-order chi connectivity index (χ0) is 13.0. The van der Waals surface area contributed by atoms with Crippen LogP contribution in [0.25, 0.3) is 0 Å². The first-order valence-electron chi connectivity index (χ1n) is 6.24. The molecule has 4 heteroatoms. The third-order valence-corrected chi connectivity index (χ3v) is 3.49. The van der Waals surface area contributed by atoms with Gasteiger partial charge in [-0.25, -0.2) is 0 Å². The molecule has 17 heavy (non-hydrogen) atoms. The highest BCUT2D eigenvalue weighted by molar-refractivity contribution is 7.71. The molecule has 0 radical (unpaired) electrons. The fraction of sp³-hybridized carbons (Fsp3) is 0.692. The Morgan fingerprint density at radius 1 is 1.41 bits per heavy atom. The van der Waals surface area contributed by atoms with Crippen LogP contribution in [0.1, 0.15) is 38.7 Å². The molecule has 0 aliphatic heterocycles. The number of hydrogen-bond donors (Lipinski definition) is 1. The normalized spacial score (nSPS) is 11.6. The van der Waals surface area contributed by atoms with E-state index in [4.69, 9.17) is 12.2 Å². The Morgan fingerprint density at radius 2 is 2.06 bits per heavy atom. The van der Waals surface area contributed by atoms with E-state index in [-0.39, 0.29) is 5.43 Å². The van der Waals surface area contributed by atoms with Crippen LogP contribution in [0.15, 0.2) is 4.79 Å². The number of nitrogens with zero attached hydrogens (tertiary/aromatic N) is 1. The predicted molar refractivity (Wildman–Crippen MR) is 76.3 cm³/mol. The lowest BCUT2D eigenvalue weighted by Gasteiger charge is -2.18. The number of nitrogens with one attached hydrogen (secondary N) is 1. The molecule has 3 nitrogen and oxygen atoms in total. The number of anilines is 1. The van der Waals surface area contributed by atoms with E-state index in [9.17, 15) is 4.79 Å². The van der Waals surface area contributed by atoms with Gasteiger partial charge in [-0.1, -0.05) is 33.0 Å². The molecule has 0 atom stereocenters. The quantitative estimate of drug-likeness (QED) is 0.598. The summed E-state index contributed by atoms with van der Waals surface area (Å²) >= 11 is 5.06. The van der Waals surface area contributed by atoms with Gasteiger partial charge < -0.3 is 10.2 Å². The summed E-state index contributed by atoms with van der Waals surface area (Å²) in [6.45, 7) is 9.22.